The molecule has 0 spiro atoms. The van der Waals surface area contributed by atoms with Crippen LogP contribution in [-0.2, 0) is 5.33 Å². The highest BCUT2D eigenvalue weighted by atomic mass is 79.9. The van der Waals surface area contributed by atoms with Crippen molar-refractivity contribution in [2.45, 2.75) is 17.1 Å². The van der Waals surface area contributed by atoms with E-state index in [0.29, 0.717) is 10.4 Å². The molecule has 4 heteroatoms. The summed E-state index contributed by atoms with van der Waals surface area (Å²) >= 11 is 12.4. The summed E-state index contributed by atoms with van der Waals surface area (Å²) < 4.78 is 0. The van der Waals surface area contributed by atoms with Gasteiger partial charge in [0.05, 0.1) is 4.83 Å². The van der Waals surface area contributed by atoms with Crippen molar-refractivity contribution in [1.82, 2.24) is 0 Å². The molecule has 1 rings (SSSR count). The topological polar surface area (TPSA) is 17.1 Å². The second kappa shape index (κ2) is 5.29. The number of alkyl halides is 2. The van der Waals surface area contributed by atoms with Crippen LogP contribution in [0.15, 0.2) is 18.2 Å². The lowest BCUT2D eigenvalue weighted by Crippen LogP contribution is -2.12. The minimum Gasteiger partial charge on any atom is -0.293 e. The number of hydrogen-bond donors (Lipinski definition) is 0. The lowest BCUT2D eigenvalue weighted by atomic mass is 10.0. The quantitative estimate of drug-likeness (QED) is 0.595. The summed E-state index contributed by atoms with van der Waals surface area (Å²) in [5.41, 5.74) is 1.64. The fourth-order valence-electron chi connectivity index (χ4n) is 1.13. The monoisotopic (exact) mass is 338 g/mol. The first-order valence-corrected chi connectivity index (χ1v) is 6.50. The van der Waals surface area contributed by atoms with E-state index in [1.807, 2.05) is 6.92 Å². The first-order chi connectivity index (χ1) is 6.56. The average molecular weight is 340 g/mol. The molecule has 0 radical (unpaired) electrons. The van der Waals surface area contributed by atoms with Crippen LogP contribution < -0.4 is 0 Å². The molecule has 0 amide bonds. The van der Waals surface area contributed by atoms with Crippen LogP contribution in [0.4, 0.5) is 0 Å². The van der Waals surface area contributed by atoms with Crippen LogP contribution >= 0.6 is 43.5 Å². The number of benzene rings is 1. The van der Waals surface area contributed by atoms with E-state index in [0.717, 1.165) is 11.1 Å². The maximum atomic E-state index is 11.7. The van der Waals surface area contributed by atoms with Gasteiger partial charge in [0.25, 0.3) is 0 Å². The van der Waals surface area contributed by atoms with Gasteiger partial charge >= 0.3 is 0 Å². The van der Waals surface area contributed by atoms with E-state index in [4.69, 9.17) is 11.6 Å². The van der Waals surface area contributed by atoms with Gasteiger partial charge in [0.2, 0.25) is 0 Å². The van der Waals surface area contributed by atoms with Crippen molar-refractivity contribution >= 4 is 49.2 Å². The molecule has 0 heterocycles. The third kappa shape index (κ3) is 2.81. The largest absolute Gasteiger partial charge is 0.293 e. The SMILES string of the molecule is CC(Br)C(=O)c1ccc(Cl)cc1CBr. The van der Waals surface area contributed by atoms with Crippen molar-refractivity contribution in [2.24, 2.45) is 0 Å². The van der Waals surface area contributed by atoms with Gasteiger partial charge in [0, 0.05) is 15.9 Å². The van der Waals surface area contributed by atoms with Crippen LogP contribution in [-0.4, -0.2) is 10.6 Å². The minimum absolute atomic E-state index is 0.0797. The maximum absolute atomic E-state index is 11.7. The van der Waals surface area contributed by atoms with E-state index < -0.39 is 0 Å². The third-order valence-corrected chi connectivity index (χ3v) is 3.09. The fraction of sp³-hybridized carbons (Fsp3) is 0.300. The Balaban J connectivity index is 3.14. The Hall–Kier alpha value is 0.140. The van der Waals surface area contributed by atoms with Crippen molar-refractivity contribution < 1.29 is 4.79 Å². The summed E-state index contributed by atoms with van der Waals surface area (Å²) in [6.07, 6.45) is 0. The molecule has 0 fully saturated rings. The highest BCUT2D eigenvalue weighted by molar-refractivity contribution is 9.10. The molecule has 0 aliphatic carbocycles. The van der Waals surface area contributed by atoms with E-state index in [1.165, 1.54) is 0 Å². The highest BCUT2D eigenvalue weighted by Crippen LogP contribution is 2.21. The van der Waals surface area contributed by atoms with Crippen LogP contribution in [0, 0.1) is 0 Å². The molecular formula is C10H9Br2ClO. The van der Waals surface area contributed by atoms with Crippen molar-refractivity contribution in [2.75, 3.05) is 0 Å². The van der Waals surface area contributed by atoms with E-state index >= 15 is 0 Å². The lowest BCUT2D eigenvalue weighted by molar-refractivity contribution is 0.0995. The van der Waals surface area contributed by atoms with Gasteiger partial charge < -0.3 is 0 Å². The number of hydrogen-bond acceptors (Lipinski definition) is 1. The number of carbonyl (C=O) groups is 1. The molecule has 0 N–H and O–H groups in total. The van der Waals surface area contributed by atoms with Gasteiger partial charge in [0.15, 0.2) is 5.78 Å². The highest BCUT2D eigenvalue weighted by Gasteiger charge is 2.15. The summed E-state index contributed by atoms with van der Waals surface area (Å²) in [7, 11) is 0. The molecule has 0 aromatic heterocycles. The van der Waals surface area contributed by atoms with E-state index in [-0.39, 0.29) is 10.6 Å². The van der Waals surface area contributed by atoms with E-state index in [9.17, 15) is 4.79 Å². The van der Waals surface area contributed by atoms with Gasteiger partial charge in [0.1, 0.15) is 0 Å². The molecule has 0 saturated heterocycles. The molecular weight excluding hydrogens is 331 g/mol. The number of carbonyl (C=O) groups excluding carboxylic acids is 1. The van der Waals surface area contributed by atoms with Gasteiger partial charge in [-0.05, 0) is 30.7 Å². The zero-order valence-corrected chi connectivity index (χ0v) is 11.5. The molecule has 0 saturated carbocycles. The molecule has 1 aromatic carbocycles. The Morgan fingerprint density at radius 2 is 2.21 bits per heavy atom. The van der Waals surface area contributed by atoms with Crippen molar-refractivity contribution in [3.63, 3.8) is 0 Å². The summed E-state index contributed by atoms with van der Waals surface area (Å²) in [5, 5.41) is 1.28. The van der Waals surface area contributed by atoms with Crippen LogP contribution in [0.3, 0.4) is 0 Å². The van der Waals surface area contributed by atoms with Crippen LogP contribution in [0.25, 0.3) is 0 Å². The van der Waals surface area contributed by atoms with Crippen molar-refractivity contribution in [1.29, 1.82) is 0 Å². The predicted octanol–water partition coefficient (Wildman–Crippen LogP) is 4.20. The lowest BCUT2D eigenvalue weighted by Gasteiger charge is -2.08. The van der Waals surface area contributed by atoms with Gasteiger partial charge in [-0.25, -0.2) is 0 Å². The summed E-state index contributed by atoms with van der Waals surface area (Å²) in [6, 6.07) is 5.30. The zero-order valence-electron chi connectivity index (χ0n) is 7.56. The van der Waals surface area contributed by atoms with Gasteiger partial charge in [-0.2, -0.15) is 0 Å². The van der Waals surface area contributed by atoms with Crippen molar-refractivity contribution in [3.05, 3.63) is 34.3 Å². The Bertz CT molecular complexity index is 350. The molecule has 1 atom stereocenters. The smallest absolute Gasteiger partial charge is 0.176 e. The predicted molar refractivity (Wildman–Crippen MR) is 66.8 cm³/mol. The molecule has 1 nitrogen and oxygen atoms in total. The number of rotatable bonds is 3. The molecule has 0 bridgehead atoms. The maximum Gasteiger partial charge on any atom is 0.176 e. The van der Waals surface area contributed by atoms with Crippen molar-refractivity contribution in [3.8, 4) is 0 Å². The molecule has 76 valence electrons. The average Bonchev–Trinajstić information content (AvgIpc) is 2.16. The molecule has 1 unspecified atom stereocenters. The number of halogens is 3. The van der Waals surface area contributed by atoms with Gasteiger partial charge in [-0.15, -0.1) is 0 Å². The first-order valence-electron chi connectivity index (χ1n) is 4.09. The Morgan fingerprint density at radius 3 is 2.71 bits per heavy atom. The van der Waals surface area contributed by atoms with Crippen LogP contribution in [0.2, 0.25) is 5.02 Å². The molecule has 14 heavy (non-hydrogen) atoms. The van der Waals surface area contributed by atoms with E-state index in [2.05, 4.69) is 31.9 Å². The minimum atomic E-state index is -0.165. The molecule has 0 aliphatic rings. The summed E-state index contributed by atoms with van der Waals surface area (Å²) in [4.78, 5) is 11.6. The summed E-state index contributed by atoms with van der Waals surface area (Å²) in [5.74, 6) is 0.0797. The second-order valence-electron chi connectivity index (χ2n) is 2.92. The molecule has 1 aromatic rings. The van der Waals surface area contributed by atoms with Crippen LogP contribution in [0.1, 0.15) is 22.8 Å². The molecule has 0 aliphatic heterocycles. The first kappa shape index (κ1) is 12.2. The zero-order chi connectivity index (χ0) is 10.7. The Labute approximate surface area is 105 Å². The summed E-state index contributed by atoms with van der Waals surface area (Å²) in [6.45, 7) is 1.81. The Kier molecular flexibility index (Phi) is 4.61. The van der Waals surface area contributed by atoms with Gasteiger partial charge in [-0.3, -0.25) is 4.79 Å². The fourth-order valence-corrected chi connectivity index (χ4v) is 2.03. The Morgan fingerprint density at radius 1 is 1.57 bits per heavy atom. The third-order valence-electron chi connectivity index (χ3n) is 1.84. The number of Topliss-reactive ketones (excluding diaryl/α,β-unsaturated/α-hetero) is 1. The second-order valence-corrected chi connectivity index (χ2v) is 5.29. The van der Waals surface area contributed by atoms with E-state index in [1.54, 1.807) is 18.2 Å². The van der Waals surface area contributed by atoms with Gasteiger partial charge in [-0.1, -0.05) is 43.5 Å². The normalized spacial score (nSPS) is 12.6. The standard InChI is InChI=1S/C10H9Br2ClO/c1-6(12)10(14)9-3-2-8(13)4-7(9)5-11/h2-4,6H,5H2,1H3. The van der Waals surface area contributed by atoms with Crippen LogP contribution in [0.5, 0.6) is 0 Å². The number of ketones is 1.